The molecular formula is C16H23N3. The van der Waals surface area contributed by atoms with E-state index in [0.717, 1.165) is 17.8 Å². The lowest BCUT2D eigenvalue weighted by Gasteiger charge is -2.20. The summed E-state index contributed by atoms with van der Waals surface area (Å²) in [6.07, 6.45) is 0. The second-order valence-corrected chi connectivity index (χ2v) is 6.18. The van der Waals surface area contributed by atoms with Gasteiger partial charge in [0.15, 0.2) is 0 Å². The van der Waals surface area contributed by atoms with E-state index in [0.29, 0.717) is 0 Å². The lowest BCUT2D eigenvalue weighted by atomic mass is 10.1. The van der Waals surface area contributed by atoms with Crippen LogP contribution >= 0.6 is 0 Å². The highest BCUT2D eigenvalue weighted by molar-refractivity contribution is 5.82. The van der Waals surface area contributed by atoms with E-state index in [1.165, 1.54) is 11.1 Å². The first kappa shape index (κ1) is 13.8. The van der Waals surface area contributed by atoms with Gasteiger partial charge in [-0.15, -0.1) is 0 Å². The highest BCUT2D eigenvalue weighted by Gasteiger charge is 2.09. The van der Waals surface area contributed by atoms with Gasteiger partial charge >= 0.3 is 0 Å². The largest absolute Gasteiger partial charge is 0.378 e. The Kier molecular flexibility index (Phi) is 3.76. The van der Waals surface area contributed by atoms with Crippen LogP contribution in [0.2, 0.25) is 0 Å². The average Bonchev–Trinajstić information content (AvgIpc) is 2.34. The van der Waals surface area contributed by atoms with Crippen molar-refractivity contribution >= 4 is 16.6 Å². The molecule has 0 spiro atoms. The predicted molar refractivity (Wildman–Crippen MR) is 82.7 cm³/mol. The van der Waals surface area contributed by atoms with Gasteiger partial charge in [0.05, 0.1) is 11.2 Å². The molecule has 0 aliphatic rings. The number of nitrogens with one attached hydrogen (secondary N) is 1. The molecule has 0 unspecified atom stereocenters. The topological polar surface area (TPSA) is 28.2 Å². The molecule has 0 saturated carbocycles. The van der Waals surface area contributed by atoms with Gasteiger partial charge in [0.2, 0.25) is 0 Å². The summed E-state index contributed by atoms with van der Waals surface area (Å²) < 4.78 is 0. The Bertz CT molecular complexity index is 568. The van der Waals surface area contributed by atoms with Crippen LogP contribution in [0, 0.1) is 0 Å². The quantitative estimate of drug-likeness (QED) is 0.915. The Morgan fingerprint density at radius 2 is 1.84 bits per heavy atom. The minimum absolute atomic E-state index is 0.116. The van der Waals surface area contributed by atoms with Crippen LogP contribution in [0.25, 0.3) is 10.9 Å². The number of hydrogen-bond acceptors (Lipinski definition) is 3. The van der Waals surface area contributed by atoms with Crippen LogP contribution in [-0.2, 0) is 6.54 Å². The molecule has 19 heavy (non-hydrogen) atoms. The van der Waals surface area contributed by atoms with Crippen molar-refractivity contribution < 1.29 is 0 Å². The van der Waals surface area contributed by atoms with E-state index >= 15 is 0 Å². The standard InChI is InChI=1S/C16H23N3/c1-16(2,3)17-11-13-7-6-12-10-14(19(4)5)8-9-15(12)18-13/h6-10,17H,11H2,1-5H3. The van der Waals surface area contributed by atoms with Crippen LogP contribution < -0.4 is 10.2 Å². The van der Waals surface area contributed by atoms with Crippen molar-refractivity contribution in [1.82, 2.24) is 10.3 Å². The number of benzene rings is 1. The minimum Gasteiger partial charge on any atom is -0.378 e. The van der Waals surface area contributed by atoms with Gasteiger partial charge in [-0.1, -0.05) is 6.07 Å². The second kappa shape index (κ2) is 5.17. The van der Waals surface area contributed by atoms with Crippen molar-refractivity contribution in [1.29, 1.82) is 0 Å². The summed E-state index contributed by atoms with van der Waals surface area (Å²) >= 11 is 0. The lowest BCUT2D eigenvalue weighted by Crippen LogP contribution is -2.35. The number of pyridine rings is 1. The molecular weight excluding hydrogens is 234 g/mol. The molecule has 1 N–H and O–H groups in total. The molecule has 3 heteroatoms. The summed E-state index contributed by atoms with van der Waals surface area (Å²) in [6, 6.07) is 10.6. The van der Waals surface area contributed by atoms with Gasteiger partial charge in [-0.2, -0.15) is 0 Å². The highest BCUT2D eigenvalue weighted by atomic mass is 15.1. The van der Waals surface area contributed by atoms with Crippen LogP contribution in [-0.4, -0.2) is 24.6 Å². The van der Waals surface area contributed by atoms with Crippen LogP contribution in [0.3, 0.4) is 0 Å². The van der Waals surface area contributed by atoms with Gasteiger partial charge in [-0.05, 0) is 45.0 Å². The third kappa shape index (κ3) is 3.67. The summed E-state index contributed by atoms with van der Waals surface area (Å²) in [6.45, 7) is 7.29. The zero-order valence-electron chi connectivity index (χ0n) is 12.5. The molecule has 0 aliphatic heterocycles. The van der Waals surface area contributed by atoms with Crippen molar-refractivity contribution in [3.63, 3.8) is 0 Å². The molecule has 2 aromatic rings. The fourth-order valence-corrected chi connectivity index (χ4v) is 1.89. The normalized spacial score (nSPS) is 11.8. The van der Waals surface area contributed by atoms with Gasteiger partial charge in [0.1, 0.15) is 0 Å². The maximum atomic E-state index is 4.70. The van der Waals surface area contributed by atoms with E-state index in [4.69, 9.17) is 4.98 Å². The summed E-state index contributed by atoms with van der Waals surface area (Å²) in [5, 5.41) is 4.65. The van der Waals surface area contributed by atoms with Crippen LogP contribution in [0.1, 0.15) is 26.5 Å². The van der Waals surface area contributed by atoms with Crippen LogP contribution in [0.15, 0.2) is 30.3 Å². The number of anilines is 1. The number of fused-ring (bicyclic) bond motifs is 1. The Labute approximate surface area is 115 Å². The Balaban J connectivity index is 2.24. The first-order chi connectivity index (χ1) is 8.85. The molecule has 0 saturated heterocycles. The minimum atomic E-state index is 0.116. The Morgan fingerprint density at radius 3 is 2.47 bits per heavy atom. The molecule has 1 aromatic carbocycles. The third-order valence-electron chi connectivity index (χ3n) is 3.05. The zero-order valence-corrected chi connectivity index (χ0v) is 12.5. The van der Waals surface area contributed by atoms with Gasteiger partial charge in [-0.25, -0.2) is 0 Å². The molecule has 0 atom stereocenters. The van der Waals surface area contributed by atoms with E-state index in [1.807, 2.05) is 0 Å². The van der Waals surface area contributed by atoms with Crippen LogP contribution in [0.5, 0.6) is 0 Å². The Morgan fingerprint density at radius 1 is 1.11 bits per heavy atom. The van der Waals surface area contributed by atoms with E-state index in [2.05, 4.69) is 75.4 Å². The maximum absolute atomic E-state index is 4.70. The fraction of sp³-hybridized carbons (Fsp3) is 0.438. The van der Waals surface area contributed by atoms with E-state index in [-0.39, 0.29) is 5.54 Å². The molecule has 0 radical (unpaired) electrons. The number of aromatic nitrogens is 1. The van der Waals surface area contributed by atoms with Gasteiger partial charge in [0.25, 0.3) is 0 Å². The average molecular weight is 257 g/mol. The molecule has 0 aliphatic carbocycles. The number of rotatable bonds is 3. The van der Waals surface area contributed by atoms with Crippen molar-refractivity contribution in [2.45, 2.75) is 32.9 Å². The summed E-state index contributed by atoms with van der Waals surface area (Å²) in [5.74, 6) is 0. The monoisotopic (exact) mass is 257 g/mol. The van der Waals surface area contributed by atoms with E-state index < -0.39 is 0 Å². The van der Waals surface area contributed by atoms with Crippen LogP contribution in [0.4, 0.5) is 5.69 Å². The van der Waals surface area contributed by atoms with E-state index in [1.54, 1.807) is 0 Å². The van der Waals surface area contributed by atoms with Gasteiger partial charge < -0.3 is 10.2 Å². The first-order valence-corrected chi connectivity index (χ1v) is 6.67. The van der Waals surface area contributed by atoms with E-state index in [9.17, 15) is 0 Å². The SMILES string of the molecule is CN(C)c1ccc2nc(CNC(C)(C)C)ccc2c1. The summed E-state index contributed by atoms with van der Waals surface area (Å²) in [7, 11) is 4.10. The van der Waals surface area contributed by atoms with Crippen molar-refractivity contribution in [3.05, 3.63) is 36.0 Å². The molecule has 0 fully saturated rings. The Hall–Kier alpha value is -1.61. The highest BCUT2D eigenvalue weighted by Crippen LogP contribution is 2.20. The number of hydrogen-bond donors (Lipinski definition) is 1. The summed E-state index contributed by atoms with van der Waals surface area (Å²) in [5.41, 5.74) is 3.46. The smallest absolute Gasteiger partial charge is 0.0707 e. The third-order valence-corrected chi connectivity index (χ3v) is 3.05. The molecule has 102 valence electrons. The molecule has 0 amide bonds. The first-order valence-electron chi connectivity index (χ1n) is 6.67. The van der Waals surface area contributed by atoms with Crippen molar-refractivity contribution in [2.24, 2.45) is 0 Å². The molecule has 0 bridgehead atoms. The van der Waals surface area contributed by atoms with Gasteiger partial charge in [-0.3, -0.25) is 4.98 Å². The van der Waals surface area contributed by atoms with Crippen molar-refractivity contribution in [3.8, 4) is 0 Å². The van der Waals surface area contributed by atoms with Gasteiger partial charge in [0, 0.05) is 37.3 Å². The molecule has 2 rings (SSSR count). The maximum Gasteiger partial charge on any atom is 0.0707 e. The summed E-state index contributed by atoms with van der Waals surface area (Å²) in [4.78, 5) is 6.80. The number of nitrogens with zero attached hydrogens (tertiary/aromatic N) is 2. The predicted octanol–water partition coefficient (Wildman–Crippen LogP) is 3.19. The second-order valence-electron chi connectivity index (χ2n) is 6.18. The molecule has 1 aromatic heterocycles. The molecule has 3 nitrogen and oxygen atoms in total. The zero-order chi connectivity index (χ0) is 14.0. The lowest BCUT2D eigenvalue weighted by molar-refractivity contribution is 0.421. The molecule has 1 heterocycles. The van der Waals surface area contributed by atoms with Crippen molar-refractivity contribution in [2.75, 3.05) is 19.0 Å². The fourth-order valence-electron chi connectivity index (χ4n) is 1.89.